The van der Waals surface area contributed by atoms with Crippen molar-refractivity contribution in [2.75, 3.05) is 6.54 Å². The molecule has 0 spiro atoms. The van der Waals surface area contributed by atoms with Crippen LogP contribution in [0.25, 0.3) is 0 Å². The zero-order valence-electron chi connectivity index (χ0n) is 6.76. The molecule has 1 N–H and O–H groups in total. The Morgan fingerprint density at radius 2 is 2.42 bits per heavy atom. The molecular formula is C9H11BrN2. The van der Waals surface area contributed by atoms with Crippen molar-refractivity contribution in [3.8, 4) is 0 Å². The summed E-state index contributed by atoms with van der Waals surface area (Å²) in [5, 5.41) is 3.42. The lowest BCUT2D eigenvalue weighted by Gasteiger charge is -2.08. The van der Waals surface area contributed by atoms with Crippen molar-refractivity contribution in [1.29, 1.82) is 0 Å². The van der Waals surface area contributed by atoms with Gasteiger partial charge < -0.3 is 5.32 Å². The molecule has 0 radical (unpaired) electrons. The third kappa shape index (κ3) is 1.67. The van der Waals surface area contributed by atoms with Crippen LogP contribution in [0.3, 0.4) is 0 Å². The van der Waals surface area contributed by atoms with Crippen LogP contribution in [0.2, 0.25) is 0 Å². The van der Waals surface area contributed by atoms with Gasteiger partial charge in [0.15, 0.2) is 0 Å². The molecule has 64 valence electrons. The second-order valence-corrected chi connectivity index (χ2v) is 3.85. The predicted molar refractivity (Wildman–Crippen MR) is 51.9 cm³/mol. The fourth-order valence-corrected chi connectivity index (χ4v) is 1.91. The summed E-state index contributed by atoms with van der Waals surface area (Å²) in [5.41, 5.74) is 1.15. The van der Waals surface area contributed by atoms with E-state index in [9.17, 15) is 0 Å². The fourth-order valence-electron chi connectivity index (χ4n) is 1.56. The van der Waals surface area contributed by atoms with Gasteiger partial charge in [-0.3, -0.25) is 0 Å². The second kappa shape index (κ2) is 3.54. The molecule has 0 aromatic carbocycles. The van der Waals surface area contributed by atoms with Gasteiger partial charge >= 0.3 is 0 Å². The van der Waals surface area contributed by atoms with Crippen molar-refractivity contribution in [1.82, 2.24) is 10.3 Å². The van der Waals surface area contributed by atoms with Crippen LogP contribution in [0.1, 0.15) is 24.6 Å². The lowest BCUT2D eigenvalue weighted by molar-refractivity contribution is 0.626. The average Bonchev–Trinajstić information content (AvgIpc) is 2.56. The molecule has 1 aromatic heterocycles. The minimum atomic E-state index is 0.475. The lowest BCUT2D eigenvalue weighted by Crippen LogP contribution is -2.13. The zero-order valence-corrected chi connectivity index (χ0v) is 8.34. The van der Waals surface area contributed by atoms with Crippen LogP contribution >= 0.6 is 15.9 Å². The second-order valence-electron chi connectivity index (χ2n) is 3.03. The highest BCUT2D eigenvalue weighted by molar-refractivity contribution is 9.10. The van der Waals surface area contributed by atoms with E-state index in [0.29, 0.717) is 6.04 Å². The Bertz CT molecular complexity index is 269. The summed E-state index contributed by atoms with van der Waals surface area (Å²) >= 11 is 3.37. The van der Waals surface area contributed by atoms with E-state index in [1.54, 1.807) is 0 Å². The molecule has 0 saturated carbocycles. The van der Waals surface area contributed by atoms with Crippen molar-refractivity contribution in [3.63, 3.8) is 0 Å². The van der Waals surface area contributed by atoms with E-state index in [2.05, 4.69) is 32.3 Å². The van der Waals surface area contributed by atoms with Gasteiger partial charge in [-0.2, -0.15) is 0 Å². The molecule has 2 heterocycles. The molecule has 12 heavy (non-hydrogen) atoms. The van der Waals surface area contributed by atoms with Crippen LogP contribution < -0.4 is 5.32 Å². The van der Waals surface area contributed by atoms with Crippen molar-refractivity contribution >= 4 is 15.9 Å². The van der Waals surface area contributed by atoms with Gasteiger partial charge in [-0.25, -0.2) is 4.98 Å². The highest BCUT2D eigenvalue weighted by Crippen LogP contribution is 2.22. The smallest absolute Gasteiger partial charge is 0.106 e. The molecule has 1 aliphatic rings. The molecule has 0 bridgehead atoms. The monoisotopic (exact) mass is 226 g/mol. The summed E-state index contributed by atoms with van der Waals surface area (Å²) in [6.45, 7) is 1.12. The summed E-state index contributed by atoms with van der Waals surface area (Å²) in [7, 11) is 0. The van der Waals surface area contributed by atoms with Gasteiger partial charge in [-0.05, 0) is 47.4 Å². The van der Waals surface area contributed by atoms with E-state index < -0.39 is 0 Å². The molecule has 1 fully saturated rings. The van der Waals surface area contributed by atoms with Gasteiger partial charge in [0.1, 0.15) is 4.60 Å². The van der Waals surface area contributed by atoms with Gasteiger partial charge in [-0.1, -0.05) is 6.07 Å². The van der Waals surface area contributed by atoms with Crippen LogP contribution in [0, 0.1) is 0 Å². The molecule has 0 amide bonds. The number of nitrogens with one attached hydrogen (secondary N) is 1. The average molecular weight is 227 g/mol. The Labute approximate surface area is 80.5 Å². The first-order chi connectivity index (χ1) is 5.86. The first-order valence-corrected chi connectivity index (χ1v) is 5.01. The molecule has 2 nitrogen and oxygen atoms in total. The van der Waals surface area contributed by atoms with E-state index in [0.717, 1.165) is 16.8 Å². The van der Waals surface area contributed by atoms with Crippen LogP contribution in [0.5, 0.6) is 0 Å². The van der Waals surface area contributed by atoms with Gasteiger partial charge in [0, 0.05) is 6.04 Å². The number of rotatable bonds is 1. The third-order valence-corrected chi connectivity index (χ3v) is 2.60. The minimum Gasteiger partial charge on any atom is -0.309 e. The third-order valence-electron chi connectivity index (χ3n) is 2.15. The number of hydrogen-bond donors (Lipinski definition) is 1. The molecule has 1 atom stereocenters. The van der Waals surface area contributed by atoms with E-state index in [4.69, 9.17) is 0 Å². The van der Waals surface area contributed by atoms with Gasteiger partial charge in [-0.15, -0.1) is 0 Å². The molecule has 1 aliphatic heterocycles. The maximum absolute atomic E-state index is 4.41. The molecule has 0 unspecified atom stereocenters. The first kappa shape index (κ1) is 8.20. The Morgan fingerprint density at radius 3 is 3.08 bits per heavy atom. The SMILES string of the molecule is Brc1cccc([C@H]2CCCN2)n1. The Hall–Kier alpha value is -0.410. The Balaban J connectivity index is 2.21. The molecule has 2 rings (SSSR count). The van der Waals surface area contributed by atoms with Gasteiger partial charge in [0.05, 0.1) is 5.69 Å². The Morgan fingerprint density at radius 1 is 1.50 bits per heavy atom. The zero-order chi connectivity index (χ0) is 8.39. The number of aromatic nitrogens is 1. The maximum Gasteiger partial charge on any atom is 0.106 e. The van der Waals surface area contributed by atoms with Crippen molar-refractivity contribution in [2.24, 2.45) is 0 Å². The highest BCUT2D eigenvalue weighted by Gasteiger charge is 2.16. The van der Waals surface area contributed by atoms with Gasteiger partial charge in [0.25, 0.3) is 0 Å². The molecular weight excluding hydrogens is 216 g/mol. The standard InChI is InChI=1S/C9H11BrN2/c10-9-5-1-3-8(12-9)7-4-2-6-11-7/h1,3,5,7,11H,2,4,6H2/t7-/m1/s1. The van der Waals surface area contributed by atoms with Crippen molar-refractivity contribution < 1.29 is 0 Å². The normalized spacial score (nSPS) is 22.9. The summed E-state index contributed by atoms with van der Waals surface area (Å²) in [6.07, 6.45) is 2.47. The van der Waals surface area contributed by atoms with E-state index in [1.807, 2.05) is 12.1 Å². The number of nitrogens with zero attached hydrogens (tertiary/aromatic N) is 1. The quantitative estimate of drug-likeness (QED) is 0.744. The molecule has 1 saturated heterocycles. The van der Waals surface area contributed by atoms with Crippen LogP contribution in [-0.4, -0.2) is 11.5 Å². The predicted octanol–water partition coefficient (Wildman–Crippen LogP) is 2.27. The van der Waals surface area contributed by atoms with Crippen LogP contribution in [0.15, 0.2) is 22.8 Å². The summed E-state index contributed by atoms with van der Waals surface area (Å²) in [6, 6.07) is 6.54. The lowest BCUT2D eigenvalue weighted by atomic mass is 10.1. The minimum absolute atomic E-state index is 0.475. The largest absolute Gasteiger partial charge is 0.309 e. The summed E-state index contributed by atoms with van der Waals surface area (Å²) in [4.78, 5) is 4.41. The van der Waals surface area contributed by atoms with Crippen molar-refractivity contribution in [2.45, 2.75) is 18.9 Å². The number of hydrogen-bond acceptors (Lipinski definition) is 2. The number of halogens is 1. The van der Waals surface area contributed by atoms with Crippen LogP contribution in [-0.2, 0) is 0 Å². The number of pyridine rings is 1. The van der Waals surface area contributed by atoms with Crippen LogP contribution in [0.4, 0.5) is 0 Å². The molecule has 3 heteroatoms. The van der Waals surface area contributed by atoms with Gasteiger partial charge in [0.2, 0.25) is 0 Å². The molecule has 1 aromatic rings. The first-order valence-electron chi connectivity index (χ1n) is 4.22. The van der Waals surface area contributed by atoms with E-state index in [1.165, 1.54) is 12.8 Å². The Kier molecular flexibility index (Phi) is 2.42. The maximum atomic E-state index is 4.41. The van der Waals surface area contributed by atoms with E-state index in [-0.39, 0.29) is 0 Å². The van der Waals surface area contributed by atoms with Crippen molar-refractivity contribution in [3.05, 3.63) is 28.5 Å². The fraction of sp³-hybridized carbons (Fsp3) is 0.444. The topological polar surface area (TPSA) is 24.9 Å². The summed E-state index contributed by atoms with van der Waals surface area (Å²) < 4.78 is 0.925. The summed E-state index contributed by atoms with van der Waals surface area (Å²) in [5.74, 6) is 0. The molecule has 0 aliphatic carbocycles. The highest BCUT2D eigenvalue weighted by atomic mass is 79.9. The van der Waals surface area contributed by atoms with E-state index >= 15 is 0 Å².